The number of carbonyl (C=O) groups is 1. The fourth-order valence-corrected chi connectivity index (χ4v) is 3.98. The zero-order valence-corrected chi connectivity index (χ0v) is 15.0. The number of carbonyl (C=O) groups excluding carboxylic acids is 1. The van der Waals surface area contributed by atoms with E-state index in [1.807, 2.05) is 25.5 Å². The Kier molecular flexibility index (Phi) is 4.83. The Morgan fingerprint density at radius 1 is 1.31 bits per heavy atom. The third-order valence-corrected chi connectivity index (χ3v) is 5.31. The zero-order chi connectivity index (χ0) is 17.9. The van der Waals surface area contributed by atoms with Crippen LogP contribution in [0.4, 0.5) is 5.95 Å². The Morgan fingerprint density at radius 2 is 2.15 bits per heavy atom. The average Bonchev–Trinajstić information content (AvgIpc) is 3.31. The van der Waals surface area contributed by atoms with Gasteiger partial charge in [0.05, 0.1) is 12.1 Å². The fourth-order valence-electron chi connectivity index (χ4n) is 3.98. The highest BCUT2D eigenvalue weighted by atomic mass is 16.2. The van der Waals surface area contributed by atoms with E-state index in [2.05, 4.69) is 30.6 Å². The summed E-state index contributed by atoms with van der Waals surface area (Å²) in [6.07, 6.45) is 9.41. The van der Waals surface area contributed by atoms with Crippen LogP contribution >= 0.6 is 0 Å². The monoisotopic (exact) mass is 355 g/mol. The lowest BCUT2D eigenvalue weighted by molar-refractivity contribution is -0.125. The Labute approximate surface area is 153 Å². The molecule has 0 radical (unpaired) electrons. The standard InChI is InChI=1S/C18H25N7O/c1-24-11-13(8-22-24)15-9-19-10-16(15)17(26)23-14-4-2-7-25(12-14)18-20-5-3-6-21-18/h3,5-6,8,11,14-16,19H,2,4,7,9-10,12H2,1H3,(H,23,26)/t14?,15-,16+/m1/s1. The molecule has 2 aromatic rings. The van der Waals surface area contributed by atoms with Crippen molar-refractivity contribution >= 4 is 11.9 Å². The van der Waals surface area contributed by atoms with Crippen molar-refractivity contribution in [2.75, 3.05) is 31.1 Å². The maximum atomic E-state index is 12.9. The number of piperidine rings is 1. The Morgan fingerprint density at radius 3 is 2.92 bits per heavy atom. The van der Waals surface area contributed by atoms with Crippen LogP contribution in [0.2, 0.25) is 0 Å². The van der Waals surface area contributed by atoms with Gasteiger partial charge in [-0.2, -0.15) is 5.10 Å². The van der Waals surface area contributed by atoms with Crippen molar-refractivity contribution in [1.82, 2.24) is 30.4 Å². The molecule has 0 bridgehead atoms. The van der Waals surface area contributed by atoms with E-state index in [1.54, 1.807) is 17.1 Å². The largest absolute Gasteiger partial charge is 0.351 e. The van der Waals surface area contributed by atoms with E-state index in [0.29, 0.717) is 6.54 Å². The Hall–Kier alpha value is -2.48. The van der Waals surface area contributed by atoms with Crippen LogP contribution in [0.5, 0.6) is 0 Å². The summed E-state index contributed by atoms with van der Waals surface area (Å²) in [4.78, 5) is 23.7. The molecular formula is C18H25N7O. The van der Waals surface area contributed by atoms with E-state index in [9.17, 15) is 4.79 Å². The van der Waals surface area contributed by atoms with Crippen molar-refractivity contribution < 1.29 is 4.79 Å². The molecule has 1 unspecified atom stereocenters. The minimum Gasteiger partial charge on any atom is -0.351 e. The minimum atomic E-state index is -0.0532. The second-order valence-corrected chi connectivity index (χ2v) is 7.16. The van der Waals surface area contributed by atoms with E-state index >= 15 is 0 Å². The summed E-state index contributed by atoms with van der Waals surface area (Å²) in [5.41, 5.74) is 1.13. The zero-order valence-electron chi connectivity index (χ0n) is 15.0. The first-order chi connectivity index (χ1) is 12.7. The predicted molar refractivity (Wildman–Crippen MR) is 97.7 cm³/mol. The average molecular weight is 355 g/mol. The first-order valence-corrected chi connectivity index (χ1v) is 9.22. The van der Waals surface area contributed by atoms with Crippen molar-refractivity contribution in [3.8, 4) is 0 Å². The number of aromatic nitrogens is 4. The molecule has 3 atom stereocenters. The van der Waals surface area contributed by atoms with Gasteiger partial charge >= 0.3 is 0 Å². The van der Waals surface area contributed by atoms with Crippen LogP contribution in [0, 0.1) is 5.92 Å². The van der Waals surface area contributed by atoms with Gasteiger partial charge in [0, 0.05) is 63.8 Å². The molecule has 0 spiro atoms. The molecule has 2 N–H and O–H groups in total. The summed E-state index contributed by atoms with van der Waals surface area (Å²) in [7, 11) is 1.91. The van der Waals surface area contributed by atoms with E-state index < -0.39 is 0 Å². The molecule has 138 valence electrons. The summed E-state index contributed by atoms with van der Waals surface area (Å²) in [6, 6.07) is 1.95. The molecule has 2 fully saturated rings. The highest BCUT2D eigenvalue weighted by Gasteiger charge is 2.36. The lowest BCUT2D eigenvalue weighted by atomic mass is 9.90. The molecule has 8 nitrogen and oxygen atoms in total. The second-order valence-electron chi connectivity index (χ2n) is 7.16. The van der Waals surface area contributed by atoms with Crippen LogP contribution in [-0.2, 0) is 11.8 Å². The number of hydrogen-bond acceptors (Lipinski definition) is 6. The summed E-state index contributed by atoms with van der Waals surface area (Å²) < 4.78 is 1.79. The molecule has 4 heterocycles. The number of aryl methyl sites for hydroxylation is 1. The van der Waals surface area contributed by atoms with Crippen molar-refractivity contribution in [3.63, 3.8) is 0 Å². The van der Waals surface area contributed by atoms with Crippen LogP contribution in [0.25, 0.3) is 0 Å². The molecule has 26 heavy (non-hydrogen) atoms. The smallest absolute Gasteiger partial charge is 0.225 e. The molecule has 8 heteroatoms. The van der Waals surface area contributed by atoms with Crippen LogP contribution in [0.3, 0.4) is 0 Å². The molecule has 1 amide bonds. The number of nitrogens with one attached hydrogen (secondary N) is 2. The van der Waals surface area contributed by atoms with Gasteiger partial charge in [0.2, 0.25) is 11.9 Å². The van der Waals surface area contributed by atoms with Gasteiger partial charge < -0.3 is 15.5 Å². The van der Waals surface area contributed by atoms with Crippen LogP contribution in [0.1, 0.15) is 24.3 Å². The third kappa shape index (κ3) is 3.55. The summed E-state index contributed by atoms with van der Waals surface area (Å²) in [6.45, 7) is 3.22. The van der Waals surface area contributed by atoms with Gasteiger partial charge in [0.25, 0.3) is 0 Å². The topological polar surface area (TPSA) is 88.0 Å². The van der Waals surface area contributed by atoms with E-state index in [1.165, 1.54) is 0 Å². The summed E-state index contributed by atoms with van der Waals surface area (Å²) >= 11 is 0. The molecule has 2 aromatic heterocycles. The molecular weight excluding hydrogens is 330 g/mol. The molecule has 2 aliphatic rings. The summed E-state index contributed by atoms with van der Waals surface area (Å²) in [5, 5.41) is 10.9. The van der Waals surface area contributed by atoms with Crippen LogP contribution < -0.4 is 15.5 Å². The maximum absolute atomic E-state index is 12.9. The predicted octanol–water partition coefficient (Wildman–Crippen LogP) is 0.298. The van der Waals surface area contributed by atoms with Crippen LogP contribution in [-0.4, -0.2) is 57.9 Å². The van der Waals surface area contributed by atoms with E-state index in [-0.39, 0.29) is 23.8 Å². The molecule has 0 aliphatic carbocycles. The quantitative estimate of drug-likeness (QED) is 0.820. The van der Waals surface area contributed by atoms with Crippen molar-refractivity contribution in [2.24, 2.45) is 13.0 Å². The van der Waals surface area contributed by atoms with Gasteiger partial charge in [0.1, 0.15) is 0 Å². The van der Waals surface area contributed by atoms with E-state index in [4.69, 9.17) is 0 Å². The lowest BCUT2D eigenvalue weighted by Crippen LogP contribution is -2.50. The van der Waals surface area contributed by atoms with Gasteiger partial charge in [-0.3, -0.25) is 9.48 Å². The molecule has 2 aliphatic heterocycles. The molecule has 0 saturated carbocycles. The van der Waals surface area contributed by atoms with Gasteiger partial charge in [-0.1, -0.05) is 0 Å². The van der Waals surface area contributed by atoms with E-state index in [0.717, 1.165) is 44.0 Å². The van der Waals surface area contributed by atoms with Gasteiger partial charge in [-0.05, 0) is 24.5 Å². The number of hydrogen-bond donors (Lipinski definition) is 2. The van der Waals surface area contributed by atoms with Gasteiger partial charge in [-0.25, -0.2) is 9.97 Å². The minimum absolute atomic E-state index is 0.0532. The lowest BCUT2D eigenvalue weighted by Gasteiger charge is -2.33. The highest BCUT2D eigenvalue weighted by Crippen LogP contribution is 2.28. The maximum Gasteiger partial charge on any atom is 0.225 e. The Balaban J connectivity index is 1.39. The highest BCUT2D eigenvalue weighted by molar-refractivity contribution is 5.80. The molecule has 4 rings (SSSR count). The first kappa shape index (κ1) is 17.0. The normalized spacial score (nSPS) is 26.0. The number of amides is 1. The number of rotatable bonds is 4. The summed E-state index contributed by atoms with van der Waals surface area (Å²) in [5.74, 6) is 0.996. The Bertz CT molecular complexity index is 747. The van der Waals surface area contributed by atoms with Gasteiger partial charge in [-0.15, -0.1) is 0 Å². The van der Waals surface area contributed by atoms with Gasteiger partial charge in [0.15, 0.2) is 0 Å². The number of anilines is 1. The van der Waals surface area contributed by atoms with Crippen LogP contribution in [0.15, 0.2) is 30.9 Å². The second kappa shape index (κ2) is 7.41. The van der Waals surface area contributed by atoms with Crippen molar-refractivity contribution in [1.29, 1.82) is 0 Å². The van der Waals surface area contributed by atoms with Crippen molar-refractivity contribution in [2.45, 2.75) is 24.8 Å². The fraction of sp³-hybridized carbons (Fsp3) is 0.556. The third-order valence-electron chi connectivity index (χ3n) is 5.31. The molecule has 0 aromatic carbocycles. The van der Waals surface area contributed by atoms with Crippen molar-refractivity contribution in [3.05, 3.63) is 36.4 Å². The first-order valence-electron chi connectivity index (χ1n) is 9.22. The SMILES string of the molecule is Cn1cc([C@H]2CNC[C@@H]2C(=O)NC2CCCN(c3ncccn3)C2)cn1. The molecule has 2 saturated heterocycles. The number of nitrogens with zero attached hydrogens (tertiary/aromatic N) is 5.